The number of nitrogens with two attached hydrogens (primary N) is 1. The highest BCUT2D eigenvalue weighted by molar-refractivity contribution is 4.93. The zero-order chi connectivity index (χ0) is 13.7. The molecule has 0 saturated carbocycles. The lowest BCUT2D eigenvalue weighted by atomic mass is 9.83. The second-order valence-electron chi connectivity index (χ2n) is 6.26. The van der Waals surface area contributed by atoms with Gasteiger partial charge in [0.15, 0.2) is 0 Å². The predicted molar refractivity (Wildman–Crippen MR) is 77.3 cm³/mol. The largest absolute Gasteiger partial charge is 0.381 e. The highest BCUT2D eigenvalue weighted by Crippen LogP contribution is 2.36. The van der Waals surface area contributed by atoms with Gasteiger partial charge in [-0.2, -0.15) is 0 Å². The van der Waals surface area contributed by atoms with Crippen LogP contribution in [0, 0.1) is 0 Å². The standard InChI is InChI=1S/C15H30N2O2/c1-13(2)17(8-3-7-16)14-4-9-19-15(12-14)5-10-18-11-6-15/h13-14H,3-12,16H2,1-2H3. The number of rotatable bonds is 5. The Balaban J connectivity index is 1.97. The Labute approximate surface area is 117 Å². The van der Waals surface area contributed by atoms with Gasteiger partial charge in [-0.1, -0.05) is 0 Å². The van der Waals surface area contributed by atoms with Gasteiger partial charge in [0.2, 0.25) is 0 Å². The normalized spacial score (nSPS) is 27.3. The van der Waals surface area contributed by atoms with E-state index in [1.54, 1.807) is 0 Å². The molecule has 112 valence electrons. The van der Waals surface area contributed by atoms with Gasteiger partial charge >= 0.3 is 0 Å². The average Bonchev–Trinajstić information content (AvgIpc) is 2.40. The van der Waals surface area contributed by atoms with Crippen molar-refractivity contribution in [1.82, 2.24) is 4.90 Å². The molecule has 1 unspecified atom stereocenters. The molecule has 4 nitrogen and oxygen atoms in total. The van der Waals surface area contributed by atoms with E-state index in [9.17, 15) is 0 Å². The van der Waals surface area contributed by atoms with E-state index >= 15 is 0 Å². The van der Waals surface area contributed by atoms with Crippen LogP contribution in [0.4, 0.5) is 0 Å². The number of nitrogens with zero attached hydrogens (tertiary/aromatic N) is 1. The van der Waals surface area contributed by atoms with Crippen LogP contribution in [0.1, 0.15) is 46.0 Å². The number of hydrogen-bond acceptors (Lipinski definition) is 4. The maximum atomic E-state index is 6.14. The summed E-state index contributed by atoms with van der Waals surface area (Å²) in [5.74, 6) is 0. The van der Waals surface area contributed by atoms with Gasteiger partial charge in [-0.05, 0) is 59.0 Å². The van der Waals surface area contributed by atoms with Crippen molar-refractivity contribution in [3.05, 3.63) is 0 Å². The molecule has 0 amide bonds. The number of hydrogen-bond donors (Lipinski definition) is 1. The van der Waals surface area contributed by atoms with Gasteiger partial charge in [-0.3, -0.25) is 4.90 Å². The Bertz CT molecular complexity index is 259. The van der Waals surface area contributed by atoms with Gasteiger partial charge in [-0.15, -0.1) is 0 Å². The summed E-state index contributed by atoms with van der Waals surface area (Å²) in [6, 6.07) is 1.24. The molecule has 0 aliphatic carbocycles. The first-order chi connectivity index (χ1) is 9.17. The Morgan fingerprint density at radius 2 is 2.00 bits per heavy atom. The van der Waals surface area contributed by atoms with E-state index in [1.165, 1.54) is 6.42 Å². The highest BCUT2D eigenvalue weighted by atomic mass is 16.5. The topological polar surface area (TPSA) is 47.7 Å². The van der Waals surface area contributed by atoms with Crippen LogP contribution in [0.15, 0.2) is 0 Å². The maximum absolute atomic E-state index is 6.14. The van der Waals surface area contributed by atoms with Crippen LogP contribution in [0.3, 0.4) is 0 Å². The van der Waals surface area contributed by atoms with Crippen molar-refractivity contribution >= 4 is 0 Å². The molecule has 2 aliphatic rings. The minimum atomic E-state index is 0.0943. The Kier molecular flexibility index (Phi) is 5.63. The van der Waals surface area contributed by atoms with Crippen molar-refractivity contribution in [2.24, 2.45) is 5.73 Å². The first-order valence-corrected chi connectivity index (χ1v) is 7.84. The first kappa shape index (κ1) is 15.2. The molecular weight excluding hydrogens is 240 g/mol. The SMILES string of the molecule is CC(C)N(CCCN)C1CCOC2(CCOCC2)C1. The molecule has 2 aliphatic heterocycles. The Hall–Kier alpha value is -0.160. The summed E-state index contributed by atoms with van der Waals surface area (Å²) < 4.78 is 11.6. The monoisotopic (exact) mass is 270 g/mol. The summed E-state index contributed by atoms with van der Waals surface area (Å²) in [5.41, 5.74) is 5.77. The summed E-state index contributed by atoms with van der Waals surface area (Å²) in [4.78, 5) is 2.63. The number of ether oxygens (including phenoxy) is 2. The second kappa shape index (κ2) is 7.02. The summed E-state index contributed by atoms with van der Waals surface area (Å²) in [5, 5.41) is 0. The van der Waals surface area contributed by atoms with E-state index in [0.29, 0.717) is 12.1 Å². The zero-order valence-electron chi connectivity index (χ0n) is 12.6. The molecule has 1 atom stereocenters. The molecule has 0 radical (unpaired) electrons. The lowest BCUT2D eigenvalue weighted by Gasteiger charge is -2.47. The third kappa shape index (κ3) is 3.91. The third-order valence-corrected chi connectivity index (χ3v) is 4.62. The van der Waals surface area contributed by atoms with E-state index in [1.807, 2.05) is 0 Å². The van der Waals surface area contributed by atoms with Crippen molar-refractivity contribution in [3.8, 4) is 0 Å². The minimum Gasteiger partial charge on any atom is -0.381 e. The Morgan fingerprint density at radius 3 is 2.63 bits per heavy atom. The summed E-state index contributed by atoms with van der Waals surface area (Å²) >= 11 is 0. The molecule has 2 rings (SSSR count). The maximum Gasteiger partial charge on any atom is 0.0741 e. The third-order valence-electron chi connectivity index (χ3n) is 4.62. The molecule has 0 aromatic rings. The van der Waals surface area contributed by atoms with Gasteiger partial charge in [0, 0.05) is 31.9 Å². The lowest BCUT2D eigenvalue weighted by molar-refractivity contribution is -0.153. The molecule has 2 N–H and O–H groups in total. The summed E-state index contributed by atoms with van der Waals surface area (Å²) in [7, 11) is 0. The Morgan fingerprint density at radius 1 is 1.26 bits per heavy atom. The zero-order valence-corrected chi connectivity index (χ0v) is 12.6. The van der Waals surface area contributed by atoms with Gasteiger partial charge in [0.05, 0.1) is 5.60 Å². The van der Waals surface area contributed by atoms with Gasteiger partial charge in [0.25, 0.3) is 0 Å². The van der Waals surface area contributed by atoms with Crippen molar-refractivity contribution in [1.29, 1.82) is 0 Å². The highest BCUT2D eigenvalue weighted by Gasteiger charge is 2.40. The van der Waals surface area contributed by atoms with E-state index in [-0.39, 0.29) is 5.60 Å². The average molecular weight is 270 g/mol. The molecule has 4 heteroatoms. The predicted octanol–water partition coefficient (Wildman–Crippen LogP) is 1.77. The molecule has 1 spiro atoms. The van der Waals surface area contributed by atoms with Crippen LogP contribution < -0.4 is 5.73 Å². The lowest BCUT2D eigenvalue weighted by Crippen LogP contribution is -2.53. The fraction of sp³-hybridized carbons (Fsp3) is 1.00. The van der Waals surface area contributed by atoms with Gasteiger partial charge < -0.3 is 15.2 Å². The van der Waals surface area contributed by atoms with Crippen molar-refractivity contribution in [3.63, 3.8) is 0 Å². The van der Waals surface area contributed by atoms with Crippen molar-refractivity contribution in [2.45, 2.75) is 63.6 Å². The van der Waals surface area contributed by atoms with Crippen molar-refractivity contribution < 1.29 is 9.47 Å². The van der Waals surface area contributed by atoms with E-state index in [2.05, 4.69) is 18.7 Å². The molecule has 0 aromatic carbocycles. The van der Waals surface area contributed by atoms with Gasteiger partial charge in [0.1, 0.15) is 0 Å². The molecule has 2 saturated heterocycles. The molecule has 0 bridgehead atoms. The minimum absolute atomic E-state index is 0.0943. The fourth-order valence-electron chi connectivity index (χ4n) is 3.51. The van der Waals surface area contributed by atoms with Crippen LogP contribution in [0.25, 0.3) is 0 Å². The van der Waals surface area contributed by atoms with Crippen molar-refractivity contribution in [2.75, 3.05) is 32.9 Å². The van der Waals surface area contributed by atoms with Crippen LogP contribution in [-0.4, -0.2) is 55.5 Å². The van der Waals surface area contributed by atoms with Crippen LogP contribution in [-0.2, 0) is 9.47 Å². The second-order valence-corrected chi connectivity index (χ2v) is 6.26. The molecule has 2 fully saturated rings. The fourth-order valence-corrected chi connectivity index (χ4v) is 3.51. The van der Waals surface area contributed by atoms with E-state index < -0.39 is 0 Å². The molecular formula is C15H30N2O2. The van der Waals surface area contributed by atoms with Crippen LogP contribution >= 0.6 is 0 Å². The smallest absolute Gasteiger partial charge is 0.0741 e. The summed E-state index contributed by atoms with van der Waals surface area (Å²) in [6.45, 7) is 9.10. The molecule has 2 heterocycles. The van der Waals surface area contributed by atoms with E-state index in [4.69, 9.17) is 15.2 Å². The van der Waals surface area contributed by atoms with Crippen LogP contribution in [0.5, 0.6) is 0 Å². The van der Waals surface area contributed by atoms with E-state index in [0.717, 1.165) is 58.6 Å². The quantitative estimate of drug-likeness (QED) is 0.827. The summed E-state index contributed by atoms with van der Waals surface area (Å²) in [6.07, 6.45) is 5.54. The van der Waals surface area contributed by atoms with Crippen LogP contribution in [0.2, 0.25) is 0 Å². The molecule has 0 aromatic heterocycles. The van der Waals surface area contributed by atoms with Gasteiger partial charge in [-0.25, -0.2) is 0 Å². The molecule has 19 heavy (non-hydrogen) atoms. The first-order valence-electron chi connectivity index (χ1n) is 7.84.